The van der Waals surface area contributed by atoms with E-state index in [-0.39, 0.29) is 6.03 Å². The molecule has 2 aliphatic heterocycles. The summed E-state index contributed by atoms with van der Waals surface area (Å²) in [5.41, 5.74) is 1.15. The summed E-state index contributed by atoms with van der Waals surface area (Å²) in [6.45, 7) is 7.21. The van der Waals surface area contributed by atoms with Crippen molar-refractivity contribution in [2.24, 2.45) is 13.0 Å². The van der Waals surface area contributed by atoms with Crippen LogP contribution < -0.4 is 5.32 Å². The van der Waals surface area contributed by atoms with Crippen molar-refractivity contribution in [3.05, 3.63) is 18.0 Å². The molecular weight excluding hydrogens is 306 g/mol. The third-order valence-electron chi connectivity index (χ3n) is 4.87. The molecule has 0 radical (unpaired) electrons. The highest BCUT2D eigenvalue weighted by molar-refractivity contribution is 5.74. The smallest absolute Gasteiger partial charge is 0.317 e. The molecule has 1 N–H and O–H groups in total. The van der Waals surface area contributed by atoms with Crippen molar-refractivity contribution in [3.63, 3.8) is 0 Å². The summed E-state index contributed by atoms with van der Waals surface area (Å²) in [5, 5.41) is 7.20. The normalized spacial score (nSPS) is 22.5. The molecule has 7 heteroatoms. The molecule has 0 aromatic carbocycles. The minimum atomic E-state index is 0.0746. The minimum absolute atomic E-state index is 0.0746. The summed E-state index contributed by atoms with van der Waals surface area (Å²) < 4.78 is 7.20. The third-order valence-corrected chi connectivity index (χ3v) is 4.87. The molecule has 134 valence electrons. The Hall–Kier alpha value is -1.60. The Morgan fingerprint density at radius 1 is 1.38 bits per heavy atom. The van der Waals surface area contributed by atoms with Crippen molar-refractivity contribution in [2.45, 2.75) is 19.3 Å². The Bertz CT molecular complexity index is 527. The molecule has 7 nitrogen and oxygen atoms in total. The molecular formula is C17H29N5O2. The molecule has 0 spiro atoms. The van der Waals surface area contributed by atoms with Gasteiger partial charge >= 0.3 is 6.03 Å². The number of piperidine rings is 1. The Balaban J connectivity index is 1.39. The van der Waals surface area contributed by atoms with Crippen molar-refractivity contribution in [2.75, 3.05) is 52.5 Å². The topological polar surface area (TPSA) is 62.6 Å². The van der Waals surface area contributed by atoms with Crippen molar-refractivity contribution in [1.29, 1.82) is 0 Å². The first-order valence-electron chi connectivity index (χ1n) is 9.01. The molecule has 2 fully saturated rings. The van der Waals surface area contributed by atoms with Crippen LogP contribution in [0.1, 0.15) is 18.4 Å². The van der Waals surface area contributed by atoms with E-state index >= 15 is 0 Å². The monoisotopic (exact) mass is 335 g/mol. The SMILES string of the molecule is Cn1cc(CCNC(=O)N2CCC[C@@H](CN3CCOCC3)C2)cn1. The van der Waals surface area contributed by atoms with Gasteiger partial charge in [0.25, 0.3) is 0 Å². The number of hydrogen-bond donors (Lipinski definition) is 1. The van der Waals surface area contributed by atoms with Gasteiger partial charge in [0, 0.05) is 52.5 Å². The lowest BCUT2D eigenvalue weighted by Crippen LogP contribution is -2.49. The fraction of sp³-hybridized carbons (Fsp3) is 0.765. The summed E-state index contributed by atoms with van der Waals surface area (Å²) in [4.78, 5) is 16.8. The van der Waals surface area contributed by atoms with Crippen LogP contribution in [0.15, 0.2) is 12.4 Å². The maximum atomic E-state index is 12.4. The van der Waals surface area contributed by atoms with Crippen LogP contribution in [-0.4, -0.2) is 78.1 Å². The number of carbonyl (C=O) groups excluding carboxylic acids is 1. The lowest BCUT2D eigenvalue weighted by Gasteiger charge is -2.36. The first kappa shape index (κ1) is 17.2. The van der Waals surface area contributed by atoms with Crippen LogP contribution in [0.4, 0.5) is 4.79 Å². The molecule has 3 heterocycles. The summed E-state index contributed by atoms with van der Waals surface area (Å²) in [7, 11) is 1.91. The number of nitrogens with zero attached hydrogens (tertiary/aromatic N) is 4. The van der Waals surface area contributed by atoms with E-state index in [1.807, 2.05) is 24.3 Å². The molecule has 0 saturated carbocycles. The second-order valence-corrected chi connectivity index (χ2v) is 6.87. The van der Waals surface area contributed by atoms with Gasteiger partial charge in [-0.1, -0.05) is 0 Å². The average molecular weight is 335 g/mol. The van der Waals surface area contributed by atoms with Crippen LogP contribution in [0, 0.1) is 5.92 Å². The van der Waals surface area contributed by atoms with Crippen molar-refractivity contribution < 1.29 is 9.53 Å². The molecule has 1 aromatic heterocycles. The molecule has 1 atom stereocenters. The van der Waals surface area contributed by atoms with Crippen LogP contribution in [0.2, 0.25) is 0 Å². The second-order valence-electron chi connectivity index (χ2n) is 6.87. The van der Waals surface area contributed by atoms with Gasteiger partial charge in [0.1, 0.15) is 0 Å². The molecule has 0 aliphatic carbocycles. The van der Waals surface area contributed by atoms with E-state index < -0.39 is 0 Å². The van der Waals surface area contributed by atoms with Crippen molar-refractivity contribution in [1.82, 2.24) is 24.9 Å². The van der Waals surface area contributed by atoms with E-state index in [4.69, 9.17) is 4.74 Å². The van der Waals surface area contributed by atoms with E-state index in [9.17, 15) is 4.79 Å². The van der Waals surface area contributed by atoms with E-state index in [0.717, 1.165) is 64.3 Å². The fourth-order valence-electron chi connectivity index (χ4n) is 3.57. The highest BCUT2D eigenvalue weighted by atomic mass is 16.5. The van der Waals surface area contributed by atoms with Crippen LogP contribution in [-0.2, 0) is 18.2 Å². The van der Waals surface area contributed by atoms with Crippen molar-refractivity contribution in [3.8, 4) is 0 Å². The zero-order valence-electron chi connectivity index (χ0n) is 14.6. The number of amides is 2. The number of nitrogens with one attached hydrogen (secondary N) is 1. The molecule has 0 bridgehead atoms. The van der Waals surface area contributed by atoms with Crippen LogP contribution in [0.5, 0.6) is 0 Å². The van der Waals surface area contributed by atoms with Gasteiger partial charge in [-0.15, -0.1) is 0 Å². The van der Waals surface area contributed by atoms with E-state index in [0.29, 0.717) is 12.5 Å². The predicted octanol–water partition coefficient (Wildman–Crippen LogP) is 0.716. The Morgan fingerprint density at radius 3 is 2.96 bits per heavy atom. The summed E-state index contributed by atoms with van der Waals surface area (Å²) >= 11 is 0. The first-order valence-corrected chi connectivity index (χ1v) is 9.01. The van der Waals surface area contributed by atoms with Gasteiger partial charge in [-0.2, -0.15) is 5.10 Å². The van der Waals surface area contributed by atoms with Gasteiger partial charge in [0.15, 0.2) is 0 Å². The van der Waals surface area contributed by atoms with Gasteiger partial charge in [-0.3, -0.25) is 9.58 Å². The largest absolute Gasteiger partial charge is 0.379 e. The summed E-state index contributed by atoms with van der Waals surface area (Å²) in [5.74, 6) is 0.584. The van der Waals surface area contributed by atoms with Gasteiger partial charge < -0.3 is 15.0 Å². The second kappa shape index (κ2) is 8.48. The zero-order chi connectivity index (χ0) is 16.8. The number of carbonyl (C=O) groups is 1. The van der Waals surface area contributed by atoms with E-state index in [2.05, 4.69) is 15.3 Å². The lowest BCUT2D eigenvalue weighted by molar-refractivity contribution is 0.0249. The molecule has 3 rings (SSSR count). The Morgan fingerprint density at radius 2 is 2.21 bits per heavy atom. The summed E-state index contributed by atoms with van der Waals surface area (Å²) in [6, 6.07) is 0.0746. The highest BCUT2D eigenvalue weighted by Crippen LogP contribution is 2.18. The van der Waals surface area contributed by atoms with Crippen LogP contribution >= 0.6 is 0 Å². The number of rotatable bonds is 5. The standard InChI is InChI=1S/C17H29N5O2/c1-20-12-15(11-19-20)4-5-18-17(23)22-6-2-3-16(14-22)13-21-7-9-24-10-8-21/h11-12,16H,2-10,13-14H2,1H3,(H,18,23)/t16-/m0/s1. The van der Waals surface area contributed by atoms with Gasteiger partial charge in [-0.25, -0.2) is 4.79 Å². The van der Waals surface area contributed by atoms with Gasteiger partial charge in [0.05, 0.1) is 19.4 Å². The molecule has 1 aromatic rings. The van der Waals surface area contributed by atoms with Crippen molar-refractivity contribution >= 4 is 6.03 Å². The maximum Gasteiger partial charge on any atom is 0.317 e. The number of hydrogen-bond acceptors (Lipinski definition) is 4. The molecule has 0 unspecified atom stereocenters. The number of aryl methyl sites for hydroxylation is 1. The lowest BCUT2D eigenvalue weighted by atomic mass is 9.97. The summed E-state index contributed by atoms with van der Waals surface area (Å²) in [6.07, 6.45) is 6.99. The molecule has 2 saturated heterocycles. The molecule has 24 heavy (non-hydrogen) atoms. The third kappa shape index (κ3) is 4.95. The number of urea groups is 1. The highest BCUT2D eigenvalue weighted by Gasteiger charge is 2.25. The number of aromatic nitrogens is 2. The molecule has 2 amide bonds. The van der Waals surface area contributed by atoms with Crippen LogP contribution in [0.3, 0.4) is 0 Å². The van der Waals surface area contributed by atoms with E-state index in [1.54, 1.807) is 4.68 Å². The number of morpholine rings is 1. The first-order chi connectivity index (χ1) is 11.7. The predicted molar refractivity (Wildman–Crippen MR) is 91.9 cm³/mol. The van der Waals surface area contributed by atoms with E-state index in [1.165, 1.54) is 6.42 Å². The van der Waals surface area contributed by atoms with Crippen LogP contribution in [0.25, 0.3) is 0 Å². The number of likely N-dealkylation sites (tertiary alicyclic amines) is 1. The molecule has 2 aliphatic rings. The minimum Gasteiger partial charge on any atom is -0.379 e. The maximum absolute atomic E-state index is 12.4. The fourth-order valence-corrected chi connectivity index (χ4v) is 3.57. The van der Waals surface area contributed by atoms with Gasteiger partial charge in [0.2, 0.25) is 0 Å². The van der Waals surface area contributed by atoms with Gasteiger partial charge in [-0.05, 0) is 30.7 Å². The average Bonchev–Trinajstić information content (AvgIpc) is 3.01. The number of ether oxygens (including phenoxy) is 1. The Kier molecular flexibility index (Phi) is 6.09. The zero-order valence-corrected chi connectivity index (χ0v) is 14.6. The Labute approximate surface area is 143 Å². The quantitative estimate of drug-likeness (QED) is 0.861.